The largest absolute Gasteiger partial charge is 0.272 e. The average molecular weight is 392 g/mol. The standard InChI is InChI=1S/C23H25N3OS/c1-15(2)19-8-6-18(7-9-19)13-24-26-23(27)14-28-22-12-17(4)25-21-10-5-16(3)11-20(21)22/h5-13,15H,14H2,1-4H3,(H,26,27). The fraction of sp³-hybridized carbons (Fsp3) is 0.261. The van der Waals surface area contributed by atoms with E-state index in [1.165, 1.54) is 22.9 Å². The number of nitrogens with one attached hydrogen (secondary N) is 1. The van der Waals surface area contributed by atoms with E-state index in [0.29, 0.717) is 11.7 Å². The predicted octanol–water partition coefficient (Wildman–Crippen LogP) is 5.22. The monoisotopic (exact) mass is 391 g/mol. The van der Waals surface area contributed by atoms with Gasteiger partial charge in [0.2, 0.25) is 5.91 Å². The summed E-state index contributed by atoms with van der Waals surface area (Å²) in [5.74, 6) is 0.672. The number of carbonyl (C=O) groups excluding carboxylic acids is 1. The van der Waals surface area contributed by atoms with Crippen molar-refractivity contribution < 1.29 is 4.79 Å². The Bertz CT molecular complexity index is 1010. The van der Waals surface area contributed by atoms with Crippen LogP contribution in [0.2, 0.25) is 0 Å². The maximum Gasteiger partial charge on any atom is 0.250 e. The molecule has 2 aromatic carbocycles. The number of carbonyl (C=O) groups is 1. The topological polar surface area (TPSA) is 54.4 Å². The second-order valence-electron chi connectivity index (χ2n) is 7.19. The Hall–Kier alpha value is -2.66. The van der Waals surface area contributed by atoms with Crippen LogP contribution in [0.4, 0.5) is 0 Å². The molecule has 0 aliphatic rings. The quantitative estimate of drug-likeness (QED) is 0.356. The van der Waals surface area contributed by atoms with Gasteiger partial charge in [-0.05, 0) is 49.1 Å². The molecule has 0 aliphatic carbocycles. The molecule has 1 aromatic heterocycles. The second kappa shape index (κ2) is 9.02. The van der Waals surface area contributed by atoms with Crippen LogP contribution in [0.3, 0.4) is 0 Å². The first-order valence-electron chi connectivity index (χ1n) is 9.35. The predicted molar refractivity (Wildman–Crippen MR) is 118 cm³/mol. The van der Waals surface area contributed by atoms with Crippen molar-refractivity contribution in [2.24, 2.45) is 5.10 Å². The van der Waals surface area contributed by atoms with Crippen LogP contribution in [0.5, 0.6) is 0 Å². The summed E-state index contributed by atoms with van der Waals surface area (Å²) in [6, 6.07) is 16.4. The van der Waals surface area contributed by atoms with Crippen LogP contribution in [-0.4, -0.2) is 22.9 Å². The van der Waals surface area contributed by atoms with Gasteiger partial charge in [-0.3, -0.25) is 9.78 Å². The van der Waals surface area contributed by atoms with E-state index >= 15 is 0 Å². The first-order chi connectivity index (χ1) is 13.4. The Morgan fingerprint density at radius 2 is 1.89 bits per heavy atom. The third-order valence-corrected chi connectivity index (χ3v) is 5.47. The molecule has 0 atom stereocenters. The Morgan fingerprint density at radius 3 is 2.61 bits per heavy atom. The highest BCUT2D eigenvalue weighted by Gasteiger charge is 2.08. The Balaban J connectivity index is 1.60. The Morgan fingerprint density at radius 1 is 1.14 bits per heavy atom. The van der Waals surface area contributed by atoms with E-state index in [1.807, 2.05) is 31.2 Å². The van der Waals surface area contributed by atoms with E-state index < -0.39 is 0 Å². The highest BCUT2D eigenvalue weighted by atomic mass is 32.2. The first-order valence-corrected chi connectivity index (χ1v) is 10.3. The summed E-state index contributed by atoms with van der Waals surface area (Å²) >= 11 is 1.51. The van der Waals surface area contributed by atoms with Gasteiger partial charge < -0.3 is 0 Å². The second-order valence-corrected chi connectivity index (χ2v) is 8.20. The molecule has 1 heterocycles. The van der Waals surface area contributed by atoms with E-state index in [1.54, 1.807) is 6.21 Å². The van der Waals surface area contributed by atoms with Crippen molar-refractivity contribution in [3.05, 3.63) is 70.9 Å². The summed E-state index contributed by atoms with van der Waals surface area (Å²) in [5.41, 5.74) is 7.93. The number of benzene rings is 2. The van der Waals surface area contributed by atoms with E-state index in [-0.39, 0.29) is 5.91 Å². The summed E-state index contributed by atoms with van der Waals surface area (Å²) in [5, 5.41) is 5.15. The number of hydrazone groups is 1. The van der Waals surface area contributed by atoms with Crippen LogP contribution in [0.25, 0.3) is 10.9 Å². The van der Waals surface area contributed by atoms with Gasteiger partial charge in [0.25, 0.3) is 0 Å². The molecule has 0 radical (unpaired) electrons. The zero-order valence-electron chi connectivity index (χ0n) is 16.7. The summed E-state index contributed by atoms with van der Waals surface area (Å²) in [4.78, 5) is 17.8. The van der Waals surface area contributed by atoms with Crippen molar-refractivity contribution in [1.29, 1.82) is 0 Å². The molecule has 0 unspecified atom stereocenters. The maximum absolute atomic E-state index is 12.2. The molecular formula is C23H25N3OS. The lowest BCUT2D eigenvalue weighted by molar-refractivity contribution is -0.118. The molecule has 28 heavy (non-hydrogen) atoms. The van der Waals surface area contributed by atoms with E-state index in [9.17, 15) is 4.79 Å². The summed E-state index contributed by atoms with van der Waals surface area (Å²) < 4.78 is 0. The minimum atomic E-state index is -0.129. The Labute approximate surface area is 170 Å². The first kappa shape index (κ1) is 20.1. The zero-order valence-corrected chi connectivity index (χ0v) is 17.5. The molecule has 0 saturated heterocycles. The average Bonchev–Trinajstić information content (AvgIpc) is 2.67. The van der Waals surface area contributed by atoms with Crippen molar-refractivity contribution in [2.75, 3.05) is 5.75 Å². The molecule has 0 saturated carbocycles. The van der Waals surface area contributed by atoms with E-state index in [2.05, 4.69) is 60.5 Å². The van der Waals surface area contributed by atoms with Crippen LogP contribution in [0, 0.1) is 13.8 Å². The van der Waals surface area contributed by atoms with Crippen LogP contribution in [-0.2, 0) is 4.79 Å². The van der Waals surface area contributed by atoms with E-state index in [0.717, 1.165) is 27.1 Å². The number of amides is 1. The van der Waals surface area contributed by atoms with Gasteiger partial charge in [-0.15, -0.1) is 11.8 Å². The zero-order chi connectivity index (χ0) is 20.1. The molecule has 0 aliphatic heterocycles. The normalized spacial score (nSPS) is 11.5. The fourth-order valence-corrected chi connectivity index (χ4v) is 3.80. The molecule has 3 aromatic rings. The van der Waals surface area contributed by atoms with Crippen LogP contribution in [0.15, 0.2) is 58.5 Å². The molecule has 4 nitrogen and oxygen atoms in total. The number of hydrogen-bond donors (Lipinski definition) is 1. The van der Waals surface area contributed by atoms with Gasteiger partial charge in [-0.2, -0.15) is 5.10 Å². The highest BCUT2D eigenvalue weighted by Crippen LogP contribution is 2.28. The number of rotatable bonds is 6. The Kier molecular flexibility index (Phi) is 6.47. The minimum Gasteiger partial charge on any atom is -0.272 e. The van der Waals surface area contributed by atoms with Crippen molar-refractivity contribution in [1.82, 2.24) is 10.4 Å². The molecule has 1 amide bonds. The van der Waals surface area contributed by atoms with Crippen molar-refractivity contribution >= 4 is 34.8 Å². The summed E-state index contributed by atoms with van der Waals surface area (Å²) in [7, 11) is 0. The number of aromatic nitrogens is 1. The number of nitrogens with zero attached hydrogens (tertiary/aromatic N) is 2. The highest BCUT2D eigenvalue weighted by molar-refractivity contribution is 8.00. The molecule has 0 bridgehead atoms. The van der Waals surface area contributed by atoms with Crippen molar-refractivity contribution in [3.63, 3.8) is 0 Å². The van der Waals surface area contributed by atoms with Crippen LogP contribution in [0.1, 0.15) is 42.1 Å². The van der Waals surface area contributed by atoms with Gasteiger partial charge >= 0.3 is 0 Å². The number of hydrogen-bond acceptors (Lipinski definition) is 4. The molecule has 3 rings (SSSR count). The number of thioether (sulfide) groups is 1. The van der Waals surface area contributed by atoms with Crippen LogP contribution < -0.4 is 5.43 Å². The van der Waals surface area contributed by atoms with Gasteiger partial charge in [0.1, 0.15) is 0 Å². The smallest absolute Gasteiger partial charge is 0.250 e. The third kappa shape index (κ3) is 5.20. The number of aryl methyl sites for hydroxylation is 2. The number of pyridine rings is 1. The fourth-order valence-electron chi connectivity index (χ4n) is 2.88. The molecule has 144 valence electrons. The van der Waals surface area contributed by atoms with Gasteiger partial charge in [0.15, 0.2) is 0 Å². The van der Waals surface area contributed by atoms with Gasteiger partial charge in [0, 0.05) is 16.0 Å². The van der Waals surface area contributed by atoms with Gasteiger partial charge in [-0.1, -0.05) is 49.7 Å². The summed E-state index contributed by atoms with van der Waals surface area (Å²) in [6.45, 7) is 8.35. The lowest BCUT2D eigenvalue weighted by Crippen LogP contribution is -2.19. The lowest BCUT2D eigenvalue weighted by atomic mass is 10.0. The van der Waals surface area contributed by atoms with Crippen molar-refractivity contribution in [2.45, 2.75) is 38.5 Å². The molecule has 0 spiro atoms. The minimum absolute atomic E-state index is 0.129. The third-order valence-electron chi connectivity index (χ3n) is 4.42. The summed E-state index contributed by atoms with van der Waals surface area (Å²) in [6.07, 6.45) is 1.67. The van der Waals surface area contributed by atoms with Crippen LogP contribution >= 0.6 is 11.8 Å². The SMILES string of the molecule is Cc1ccc2nc(C)cc(SCC(=O)NN=Cc3ccc(C(C)C)cc3)c2c1. The van der Waals surface area contributed by atoms with E-state index in [4.69, 9.17) is 0 Å². The van der Waals surface area contributed by atoms with Gasteiger partial charge in [-0.25, -0.2) is 5.43 Å². The maximum atomic E-state index is 12.2. The molecular weight excluding hydrogens is 366 g/mol. The molecule has 0 fully saturated rings. The van der Waals surface area contributed by atoms with Gasteiger partial charge in [0.05, 0.1) is 17.5 Å². The van der Waals surface area contributed by atoms with Crippen molar-refractivity contribution in [3.8, 4) is 0 Å². The molecule has 1 N–H and O–H groups in total. The number of fused-ring (bicyclic) bond motifs is 1. The molecule has 5 heteroatoms. The lowest BCUT2D eigenvalue weighted by Gasteiger charge is -2.08.